The average molecular weight is 859 g/mol. The summed E-state index contributed by atoms with van der Waals surface area (Å²) < 4.78 is 2.08. The highest BCUT2D eigenvalue weighted by atomic mass is 15.3. The van der Waals surface area contributed by atoms with Crippen molar-refractivity contribution < 1.29 is 0 Å². The van der Waals surface area contributed by atoms with Crippen LogP contribution in [-0.4, -0.2) is 31.0 Å². The molecule has 7 aromatic rings. The predicted molar refractivity (Wildman–Crippen MR) is 265 cm³/mol. The lowest BCUT2D eigenvalue weighted by molar-refractivity contribution is 0.975. The first-order chi connectivity index (χ1) is 30.0. The van der Waals surface area contributed by atoms with Crippen molar-refractivity contribution in [1.29, 1.82) is 21.0 Å². The highest BCUT2D eigenvalue weighted by Gasteiger charge is 2.27. The monoisotopic (exact) mass is 858 g/mol. The van der Waals surface area contributed by atoms with E-state index in [0.717, 1.165) is 103 Å². The lowest BCUT2D eigenvalue weighted by Crippen LogP contribution is -2.17. The predicted octanol–water partition coefficient (Wildman–Crippen LogP) is 12.7. The van der Waals surface area contributed by atoms with Gasteiger partial charge in [0.2, 0.25) is 11.9 Å². The number of aromatic nitrogens is 5. The largest absolute Gasteiger partial charge is 0.325 e. The standard InChI is InChI=1S/C25H22N6.C25H20N6.3CH4/c2*1-16-13-20(5-4-11-26)14-17(2)23(16)31-12-10-22-18(3)28-25(30-24(22)31)29-21-8-6-19(15-27)7-9-21;;;/h4-9,13-14H,10,12H2,1-3H3,(H,28,29,30);4-10,12-14H,1-3H3,(H,28,29,30);3*1H4/b2*5-4+;;;. The molecule has 0 aliphatic carbocycles. The number of fused-ring (bicyclic) bond motifs is 2. The first-order valence-corrected chi connectivity index (χ1v) is 19.9. The molecule has 1 aliphatic heterocycles. The molecule has 0 unspecified atom stereocenters. The number of benzene rings is 4. The molecule has 12 nitrogen and oxygen atoms in total. The molecule has 1 aliphatic rings. The Morgan fingerprint density at radius 2 is 1.03 bits per heavy atom. The third-order valence-electron chi connectivity index (χ3n) is 10.5. The van der Waals surface area contributed by atoms with Gasteiger partial charge in [0.1, 0.15) is 11.5 Å². The van der Waals surface area contributed by atoms with E-state index in [9.17, 15) is 0 Å². The Balaban J connectivity index is 0.000000272. The van der Waals surface area contributed by atoms with E-state index < -0.39 is 0 Å². The third-order valence-corrected chi connectivity index (χ3v) is 10.5. The van der Waals surface area contributed by atoms with Crippen LogP contribution in [0.1, 0.15) is 83.7 Å². The second-order valence-corrected chi connectivity index (χ2v) is 15.0. The van der Waals surface area contributed by atoms with Crippen LogP contribution in [0.15, 0.2) is 97.2 Å². The second kappa shape index (κ2) is 21.5. The molecule has 8 rings (SSSR count). The zero-order chi connectivity index (χ0) is 43.9. The number of allylic oxidation sites excluding steroid dienone is 2. The lowest BCUT2D eigenvalue weighted by Gasteiger charge is -2.24. The van der Waals surface area contributed by atoms with Gasteiger partial charge in [0, 0.05) is 58.6 Å². The van der Waals surface area contributed by atoms with E-state index >= 15 is 0 Å². The number of nitrogens with zero attached hydrogens (tertiary/aromatic N) is 10. The number of nitriles is 4. The van der Waals surface area contributed by atoms with Gasteiger partial charge in [-0.05, 0) is 172 Å². The molecule has 2 N–H and O–H groups in total. The van der Waals surface area contributed by atoms with Crippen LogP contribution in [0.3, 0.4) is 0 Å². The van der Waals surface area contributed by atoms with Crippen molar-refractivity contribution >= 4 is 58.0 Å². The molecule has 0 amide bonds. The Morgan fingerprint density at radius 1 is 0.569 bits per heavy atom. The molecule has 4 aromatic carbocycles. The van der Waals surface area contributed by atoms with Crippen LogP contribution in [0.5, 0.6) is 0 Å². The molecular weight excluding hydrogens is 805 g/mol. The molecule has 0 spiro atoms. The van der Waals surface area contributed by atoms with Crippen molar-refractivity contribution in [2.24, 2.45) is 0 Å². The first-order valence-electron chi connectivity index (χ1n) is 19.9. The molecule has 4 heterocycles. The molecule has 0 saturated heterocycles. The van der Waals surface area contributed by atoms with Crippen molar-refractivity contribution in [2.45, 2.75) is 70.2 Å². The fraction of sp³-hybridized carbons (Fsp3) is 0.208. The average Bonchev–Trinajstić information content (AvgIpc) is 3.88. The van der Waals surface area contributed by atoms with E-state index in [0.29, 0.717) is 23.0 Å². The Bertz CT molecular complexity index is 3030. The summed E-state index contributed by atoms with van der Waals surface area (Å²) in [6.45, 7) is 13.1. The van der Waals surface area contributed by atoms with E-state index in [2.05, 4.69) is 94.2 Å². The summed E-state index contributed by atoms with van der Waals surface area (Å²) in [4.78, 5) is 21.1. The molecule has 0 atom stereocenters. The maximum atomic E-state index is 8.98. The number of hydrogen-bond donors (Lipinski definition) is 2. The molecule has 0 bridgehead atoms. The summed E-state index contributed by atoms with van der Waals surface area (Å²) in [6, 6.07) is 33.1. The first kappa shape index (κ1) is 49.1. The van der Waals surface area contributed by atoms with E-state index in [1.165, 1.54) is 12.2 Å². The quantitative estimate of drug-likeness (QED) is 0.139. The highest BCUT2D eigenvalue weighted by molar-refractivity contribution is 5.83. The van der Waals surface area contributed by atoms with Crippen molar-refractivity contribution in [2.75, 3.05) is 22.1 Å². The normalized spacial score (nSPS) is 11.1. The van der Waals surface area contributed by atoms with Gasteiger partial charge >= 0.3 is 0 Å². The van der Waals surface area contributed by atoms with Crippen LogP contribution in [0.2, 0.25) is 0 Å². The van der Waals surface area contributed by atoms with E-state index in [-0.39, 0.29) is 22.3 Å². The van der Waals surface area contributed by atoms with Crippen LogP contribution in [0, 0.1) is 86.9 Å². The fourth-order valence-electron chi connectivity index (χ4n) is 7.86. The van der Waals surface area contributed by atoms with Gasteiger partial charge in [-0.25, -0.2) is 9.97 Å². The minimum absolute atomic E-state index is 0. The fourth-order valence-corrected chi connectivity index (χ4v) is 7.86. The SMILES string of the molecule is C.C.C.Cc1cc(/C=C/C#N)cc(C)c1-n1ccc2c(C)nc(Nc3ccc(C#N)cc3)nc21.Cc1cc(/C=C/C#N)cc(C)c1N1CCc2c(C)nc(Nc3ccc(C#N)cc3)nc21. The van der Waals surface area contributed by atoms with Gasteiger partial charge in [-0.3, -0.25) is 0 Å². The van der Waals surface area contributed by atoms with Gasteiger partial charge in [-0.1, -0.05) is 22.3 Å². The molecular formula is C53H54N12. The molecule has 0 fully saturated rings. The van der Waals surface area contributed by atoms with Crippen molar-refractivity contribution in [1.82, 2.24) is 24.5 Å². The van der Waals surface area contributed by atoms with E-state index in [1.54, 1.807) is 24.3 Å². The minimum Gasteiger partial charge on any atom is -0.325 e. The third kappa shape index (κ3) is 10.7. The van der Waals surface area contributed by atoms with Crippen LogP contribution in [-0.2, 0) is 6.42 Å². The van der Waals surface area contributed by atoms with Gasteiger partial charge in [0.25, 0.3) is 0 Å². The Morgan fingerprint density at radius 3 is 1.51 bits per heavy atom. The Hall–Kier alpha value is -8.58. The topological polar surface area (TPSA) is 179 Å². The van der Waals surface area contributed by atoms with Gasteiger partial charge < -0.3 is 20.1 Å². The molecule has 0 saturated carbocycles. The molecule has 326 valence electrons. The van der Waals surface area contributed by atoms with E-state index in [4.69, 9.17) is 31.0 Å². The summed E-state index contributed by atoms with van der Waals surface area (Å²) >= 11 is 0. The molecule has 12 heteroatoms. The highest BCUT2D eigenvalue weighted by Crippen LogP contribution is 2.39. The van der Waals surface area contributed by atoms with Gasteiger partial charge in [0.15, 0.2) is 0 Å². The van der Waals surface area contributed by atoms with Crippen LogP contribution >= 0.6 is 0 Å². The van der Waals surface area contributed by atoms with Gasteiger partial charge in [-0.2, -0.15) is 31.0 Å². The van der Waals surface area contributed by atoms with Crippen LogP contribution < -0.4 is 15.5 Å². The molecule has 65 heavy (non-hydrogen) atoms. The molecule has 3 aromatic heterocycles. The number of rotatable bonds is 8. The lowest BCUT2D eigenvalue weighted by atomic mass is 10.0. The smallest absolute Gasteiger partial charge is 0.229 e. The van der Waals surface area contributed by atoms with Crippen LogP contribution in [0.25, 0.3) is 28.9 Å². The van der Waals surface area contributed by atoms with Gasteiger partial charge in [0.05, 0.1) is 46.8 Å². The van der Waals surface area contributed by atoms with Crippen molar-refractivity contribution in [3.63, 3.8) is 0 Å². The van der Waals surface area contributed by atoms with Gasteiger partial charge in [-0.15, -0.1) is 0 Å². The summed E-state index contributed by atoms with van der Waals surface area (Å²) in [5, 5.41) is 43.0. The van der Waals surface area contributed by atoms with Crippen molar-refractivity contribution in [3.05, 3.63) is 159 Å². The molecule has 0 radical (unpaired) electrons. The summed E-state index contributed by atoms with van der Waals surface area (Å²) in [6.07, 6.45) is 9.52. The number of hydrogen-bond acceptors (Lipinski definition) is 11. The van der Waals surface area contributed by atoms with E-state index in [1.807, 2.05) is 74.7 Å². The Labute approximate surface area is 383 Å². The van der Waals surface area contributed by atoms with Crippen LogP contribution in [0.4, 0.5) is 34.8 Å². The minimum atomic E-state index is 0. The summed E-state index contributed by atoms with van der Waals surface area (Å²) in [7, 11) is 0. The van der Waals surface area contributed by atoms with Crippen molar-refractivity contribution in [3.8, 4) is 30.0 Å². The maximum Gasteiger partial charge on any atom is 0.229 e. The second-order valence-electron chi connectivity index (χ2n) is 15.0. The zero-order valence-corrected chi connectivity index (χ0v) is 35.3. The summed E-state index contributed by atoms with van der Waals surface area (Å²) in [5.74, 6) is 1.96. The maximum absolute atomic E-state index is 8.98. The number of nitrogens with one attached hydrogen (secondary N) is 2. The number of aryl methyl sites for hydroxylation is 6. The zero-order valence-electron chi connectivity index (χ0n) is 35.3. The summed E-state index contributed by atoms with van der Waals surface area (Å²) in [5.41, 5.74) is 15.4. The Kier molecular flexibility index (Phi) is 16.2. The number of anilines is 6.